The molecule has 132 valence electrons. The van der Waals surface area contributed by atoms with Crippen LogP contribution in [-0.4, -0.2) is 69.9 Å². The van der Waals surface area contributed by atoms with Crippen molar-refractivity contribution in [1.29, 1.82) is 0 Å². The van der Waals surface area contributed by atoms with Crippen LogP contribution in [0.1, 0.15) is 5.56 Å². The lowest BCUT2D eigenvalue weighted by atomic mass is 10.0. The molecule has 7 nitrogen and oxygen atoms in total. The number of ether oxygens (including phenoxy) is 2. The van der Waals surface area contributed by atoms with E-state index in [-0.39, 0.29) is 32.2 Å². The van der Waals surface area contributed by atoms with Crippen LogP contribution in [0.15, 0.2) is 24.3 Å². The molecule has 0 aliphatic carbocycles. The summed E-state index contributed by atoms with van der Waals surface area (Å²) in [7, 11) is -3.36. The topological polar surface area (TPSA) is 76.2 Å². The summed E-state index contributed by atoms with van der Waals surface area (Å²) in [5.74, 6) is -0.138. The number of morpholine rings is 1. The number of rotatable bonds is 2. The summed E-state index contributed by atoms with van der Waals surface area (Å²) in [5.41, 5.74) is 0.991. The Hall–Kier alpha value is -1.48. The number of aryl methyl sites for hydroxylation is 1. The van der Waals surface area contributed by atoms with Gasteiger partial charge < -0.3 is 14.4 Å². The van der Waals surface area contributed by atoms with E-state index in [4.69, 9.17) is 9.47 Å². The zero-order valence-corrected chi connectivity index (χ0v) is 14.7. The SMILES string of the molecule is Cc1cccc(N2C[C@@]3(COCCN(S(C)(=O)=O)C3)OCC2=O)c1. The fraction of sp³-hybridized carbons (Fsp3) is 0.562. The van der Waals surface area contributed by atoms with Crippen molar-refractivity contribution >= 4 is 21.6 Å². The predicted molar refractivity (Wildman–Crippen MR) is 89.5 cm³/mol. The zero-order chi connectivity index (χ0) is 17.4. The maximum Gasteiger partial charge on any atom is 0.253 e. The van der Waals surface area contributed by atoms with E-state index >= 15 is 0 Å². The number of hydrogen-bond donors (Lipinski definition) is 0. The summed E-state index contributed by atoms with van der Waals surface area (Å²) >= 11 is 0. The van der Waals surface area contributed by atoms with Crippen molar-refractivity contribution in [1.82, 2.24) is 4.31 Å². The summed E-state index contributed by atoms with van der Waals surface area (Å²) in [6.07, 6.45) is 1.18. The molecule has 1 amide bonds. The number of nitrogens with zero attached hydrogens (tertiary/aromatic N) is 2. The molecule has 1 aromatic carbocycles. The molecule has 2 aliphatic heterocycles. The third-order valence-corrected chi connectivity index (χ3v) is 5.60. The minimum Gasteiger partial charge on any atom is -0.377 e. The molecular formula is C16H22N2O5S. The van der Waals surface area contributed by atoms with Gasteiger partial charge in [-0.05, 0) is 24.6 Å². The molecule has 2 fully saturated rings. The normalized spacial score (nSPS) is 26.6. The van der Waals surface area contributed by atoms with E-state index in [1.165, 1.54) is 10.6 Å². The van der Waals surface area contributed by atoms with Gasteiger partial charge in [-0.1, -0.05) is 12.1 Å². The van der Waals surface area contributed by atoms with Crippen LogP contribution in [0.5, 0.6) is 0 Å². The number of sulfonamides is 1. The van der Waals surface area contributed by atoms with Crippen LogP contribution in [0, 0.1) is 6.92 Å². The second-order valence-corrected chi connectivity index (χ2v) is 8.42. The first kappa shape index (κ1) is 17.3. The van der Waals surface area contributed by atoms with Gasteiger partial charge in [0.25, 0.3) is 5.91 Å². The lowest BCUT2D eigenvalue weighted by molar-refractivity contribution is -0.145. The van der Waals surface area contributed by atoms with Crippen molar-refractivity contribution in [2.45, 2.75) is 12.5 Å². The number of carbonyl (C=O) groups is 1. The van der Waals surface area contributed by atoms with Gasteiger partial charge in [0.1, 0.15) is 12.2 Å². The fourth-order valence-electron chi connectivity index (χ4n) is 3.08. The van der Waals surface area contributed by atoms with Gasteiger partial charge in [0.05, 0.1) is 26.0 Å². The van der Waals surface area contributed by atoms with Crippen LogP contribution >= 0.6 is 0 Å². The highest BCUT2D eigenvalue weighted by molar-refractivity contribution is 7.88. The monoisotopic (exact) mass is 354 g/mol. The number of benzene rings is 1. The first-order valence-corrected chi connectivity index (χ1v) is 9.68. The van der Waals surface area contributed by atoms with E-state index in [1.807, 2.05) is 31.2 Å². The Balaban J connectivity index is 1.89. The third kappa shape index (κ3) is 3.61. The number of hydrogen-bond acceptors (Lipinski definition) is 5. The minimum absolute atomic E-state index is 0.0884. The molecule has 0 unspecified atom stereocenters. The van der Waals surface area contributed by atoms with Crippen molar-refractivity contribution in [3.05, 3.63) is 29.8 Å². The smallest absolute Gasteiger partial charge is 0.253 e. The first-order chi connectivity index (χ1) is 11.3. The quantitative estimate of drug-likeness (QED) is 0.768. The van der Waals surface area contributed by atoms with E-state index in [9.17, 15) is 13.2 Å². The van der Waals surface area contributed by atoms with Crippen molar-refractivity contribution in [2.75, 3.05) is 50.6 Å². The summed E-state index contributed by atoms with van der Waals surface area (Å²) < 4.78 is 36.7. The van der Waals surface area contributed by atoms with Gasteiger partial charge in [-0.15, -0.1) is 0 Å². The average molecular weight is 354 g/mol. The maximum absolute atomic E-state index is 12.3. The number of amides is 1. The summed E-state index contributed by atoms with van der Waals surface area (Å²) in [4.78, 5) is 14.0. The Morgan fingerprint density at radius 3 is 2.75 bits per heavy atom. The van der Waals surface area contributed by atoms with E-state index in [1.54, 1.807) is 4.90 Å². The van der Waals surface area contributed by atoms with Crippen molar-refractivity contribution in [3.63, 3.8) is 0 Å². The molecule has 3 rings (SSSR count). The molecule has 2 saturated heterocycles. The van der Waals surface area contributed by atoms with Crippen LogP contribution in [0.2, 0.25) is 0 Å². The molecule has 1 spiro atoms. The molecule has 24 heavy (non-hydrogen) atoms. The van der Waals surface area contributed by atoms with Gasteiger partial charge in [0.15, 0.2) is 0 Å². The first-order valence-electron chi connectivity index (χ1n) is 7.83. The summed E-state index contributed by atoms with van der Waals surface area (Å²) in [6, 6.07) is 7.66. The lowest BCUT2D eigenvalue weighted by Gasteiger charge is -2.42. The predicted octanol–water partition coefficient (Wildman–Crippen LogP) is 0.389. The highest BCUT2D eigenvalue weighted by Crippen LogP contribution is 2.28. The maximum atomic E-state index is 12.3. The number of carbonyl (C=O) groups excluding carboxylic acids is 1. The van der Waals surface area contributed by atoms with E-state index in [0.717, 1.165) is 11.3 Å². The molecule has 2 heterocycles. The van der Waals surface area contributed by atoms with Gasteiger partial charge >= 0.3 is 0 Å². The Morgan fingerprint density at radius 1 is 1.25 bits per heavy atom. The van der Waals surface area contributed by atoms with Crippen LogP contribution in [-0.2, 0) is 24.3 Å². The van der Waals surface area contributed by atoms with Crippen LogP contribution < -0.4 is 4.90 Å². The van der Waals surface area contributed by atoms with Gasteiger partial charge in [-0.25, -0.2) is 8.42 Å². The van der Waals surface area contributed by atoms with Gasteiger partial charge in [-0.2, -0.15) is 4.31 Å². The zero-order valence-electron chi connectivity index (χ0n) is 13.9. The highest BCUT2D eigenvalue weighted by atomic mass is 32.2. The summed E-state index contributed by atoms with van der Waals surface area (Å²) in [6.45, 7) is 3.19. The molecule has 0 radical (unpaired) electrons. The molecule has 2 aliphatic rings. The molecule has 1 aromatic rings. The van der Waals surface area contributed by atoms with E-state index in [2.05, 4.69) is 0 Å². The molecular weight excluding hydrogens is 332 g/mol. The third-order valence-electron chi connectivity index (χ3n) is 4.35. The minimum atomic E-state index is -3.36. The molecule has 1 atom stereocenters. The largest absolute Gasteiger partial charge is 0.377 e. The molecule has 0 aromatic heterocycles. The van der Waals surface area contributed by atoms with Crippen molar-refractivity contribution in [3.8, 4) is 0 Å². The summed E-state index contributed by atoms with van der Waals surface area (Å²) in [5, 5.41) is 0. The molecule has 0 saturated carbocycles. The second kappa shape index (κ2) is 6.44. The second-order valence-electron chi connectivity index (χ2n) is 6.44. The van der Waals surface area contributed by atoms with Crippen LogP contribution in [0.3, 0.4) is 0 Å². The Kier molecular flexibility index (Phi) is 4.65. The Bertz CT molecular complexity index is 736. The highest BCUT2D eigenvalue weighted by Gasteiger charge is 2.44. The standard InChI is InChI=1S/C16H22N2O5S/c1-13-4-3-5-14(8-13)18-11-16(23-9-15(18)19)10-17(24(2,20)21)6-7-22-12-16/h3-5,8H,6-7,9-12H2,1-2H3/t16-/m0/s1. The van der Waals surface area contributed by atoms with Gasteiger partial charge in [0.2, 0.25) is 10.0 Å². The number of anilines is 1. The average Bonchev–Trinajstić information content (AvgIpc) is 2.73. The van der Waals surface area contributed by atoms with Crippen molar-refractivity contribution < 1.29 is 22.7 Å². The Labute approximate surface area is 142 Å². The van der Waals surface area contributed by atoms with Crippen molar-refractivity contribution in [2.24, 2.45) is 0 Å². The molecule has 8 heteroatoms. The van der Waals surface area contributed by atoms with Gasteiger partial charge in [-0.3, -0.25) is 4.79 Å². The van der Waals surface area contributed by atoms with Crippen LogP contribution in [0.25, 0.3) is 0 Å². The lowest BCUT2D eigenvalue weighted by Crippen LogP contribution is -2.61. The fourth-order valence-corrected chi connectivity index (χ4v) is 3.96. The van der Waals surface area contributed by atoms with E-state index in [0.29, 0.717) is 13.2 Å². The van der Waals surface area contributed by atoms with E-state index < -0.39 is 15.6 Å². The molecule has 0 bridgehead atoms. The van der Waals surface area contributed by atoms with Gasteiger partial charge in [0, 0.05) is 18.8 Å². The Morgan fingerprint density at radius 2 is 2.04 bits per heavy atom. The van der Waals surface area contributed by atoms with Crippen LogP contribution in [0.4, 0.5) is 5.69 Å². The molecule has 0 N–H and O–H groups in total.